The fourth-order valence-electron chi connectivity index (χ4n) is 3.49. The predicted molar refractivity (Wildman–Crippen MR) is 109 cm³/mol. The van der Waals surface area contributed by atoms with Crippen LogP contribution in [0.3, 0.4) is 0 Å². The minimum atomic E-state index is -1.31. The van der Waals surface area contributed by atoms with E-state index in [0.29, 0.717) is 26.9 Å². The standard InChI is InChI=1S/C21H19Cl2NO4/c1-3-28-20(26)21(13-7-5-4-6-8-13)15(9-10-18(25)27-2)19-16(23)11-14(22)12-17(19)24-21/h4-12,15,24H,3H2,1-2H3/b10-9-. The molecule has 1 heterocycles. The molecule has 0 spiro atoms. The highest BCUT2D eigenvalue weighted by atomic mass is 35.5. The highest BCUT2D eigenvalue weighted by molar-refractivity contribution is 6.36. The first kappa shape index (κ1) is 20.2. The Bertz CT molecular complexity index is 930. The summed E-state index contributed by atoms with van der Waals surface area (Å²) in [6, 6.07) is 12.5. The van der Waals surface area contributed by atoms with Gasteiger partial charge in [0.25, 0.3) is 0 Å². The van der Waals surface area contributed by atoms with Gasteiger partial charge in [-0.2, -0.15) is 0 Å². The van der Waals surface area contributed by atoms with Crippen molar-refractivity contribution < 1.29 is 19.1 Å². The van der Waals surface area contributed by atoms with Crippen LogP contribution in [-0.2, 0) is 24.6 Å². The third-order valence-corrected chi connectivity index (χ3v) is 5.19. The average Bonchev–Trinajstić information content (AvgIpc) is 3.02. The van der Waals surface area contributed by atoms with Crippen molar-refractivity contribution in [3.63, 3.8) is 0 Å². The Morgan fingerprint density at radius 2 is 1.93 bits per heavy atom. The van der Waals surface area contributed by atoms with Crippen LogP contribution in [0.25, 0.3) is 0 Å². The van der Waals surface area contributed by atoms with E-state index in [1.807, 2.05) is 30.3 Å². The van der Waals surface area contributed by atoms with Crippen molar-refractivity contribution in [2.75, 3.05) is 19.0 Å². The van der Waals surface area contributed by atoms with Crippen LogP contribution in [0.1, 0.15) is 24.0 Å². The van der Waals surface area contributed by atoms with Crippen LogP contribution in [-0.4, -0.2) is 25.7 Å². The molecule has 0 aromatic heterocycles. The Morgan fingerprint density at radius 1 is 1.21 bits per heavy atom. The summed E-state index contributed by atoms with van der Waals surface area (Å²) >= 11 is 12.7. The molecule has 0 radical (unpaired) electrons. The van der Waals surface area contributed by atoms with E-state index in [-0.39, 0.29) is 6.61 Å². The van der Waals surface area contributed by atoms with E-state index in [2.05, 4.69) is 5.32 Å². The van der Waals surface area contributed by atoms with Crippen LogP contribution >= 0.6 is 23.2 Å². The number of nitrogens with one attached hydrogen (secondary N) is 1. The first-order valence-electron chi connectivity index (χ1n) is 8.70. The molecular weight excluding hydrogens is 401 g/mol. The quantitative estimate of drug-likeness (QED) is 0.562. The normalized spacial score (nSPS) is 20.5. The number of methoxy groups -OCH3 is 1. The van der Waals surface area contributed by atoms with Crippen molar-refractivity contribution in [3.8, 4) is 0 Å². The maximum Gasteiger partial charge on any atom is 0.337 e. The summed E-state index contributed by atoms with van der Waals surface area (Å²) in [5, 5.41) is 4.09. The van der Waals surface area contributed by atoms with Crippen LogP contribution < -0.4 is 5.32 Å². The fourth-order valence-corrected chi connectivity index (χ4v) is 4.10. The molecular formula is C21H19Cl2NO4. The lowest BCUT2D eigenvalue weighted by Crippen LogP contribution is -2.45. The number of esters is 2. The first-order chi connectivity index (χ1) is 13.4. The zero-order chi connectivity index (χ0) is 20.3. The third-order valence-electron chi connectivity index (χ3n) is 4.66. The fraction of sp³-hybridized carbons (Fsp3) is 0.238. The second-order valence-corrected chi connectivity index (χ2v) is 7.07. The van der Waals surface area contributed by atoms with Gasteiger partial charge in [-0.15, -0.1) is 0 Å². The molecule has 0 amide bonds. The van der Waals surface area contributed by atoms with Crippen molar-refractivity contribution in [2.45, 2.75) is 18.4 Å². The molecule has 3 rings (SSSR count). The van der Waals surface area contributed by atoms with E-state index < -0.39 is 23.4 Å². The Hall–Kier alpha value is -2.50. The van der Waals surface area contributed by atoms with E-state index in [1.165, 1.54) is 13.2 Å². The number of halogens is 2. The molecule has 5 nitrogen and oxygen atoms in total. The van der Waals surface area contributed by atoms with E-state index >= 15 is 0 Å². The molecule has 1 aliphatic rings. The van der Waals surface area contributed by atoms with Crippen LogP contribution in [0.15, 0.2) is 54.6 Å². The largest absolute Gasteiger partial charge is 0.466 e. The highest BCUT2D eigenvalue weighted by Crippen LogP contribution is 2.53. The van der Waals surface area contributed by atoms with Gasteiger partial charge in [-0.1, -0.05) is 59.6 Å². The number of carbonyl (C=O) groups excluding carboxylic acids is 2. The maximum absolute atomic E-state index is 13.2. The summed E-state index contributed by atoms with van der Waals surface area (Å²) in [6.45, 7) is 1.94. The van der Waals surface area contributed by atoms with Gasteiger partial charge in [-0.25, -0.2) is 9.59 Å². The molecule has 146 valence electrons. The first-order valence-corrected chi connectivity index (χ1v) is 9.45. The lowest BCUT2D eigenvalue weighted by molar-refractivity contribution is -0.149. The smallest absolute Gasteiger partial charge is 0.337 e. The molecule has 0 fully saturated rings. The number of anilines is 1. The monoisotopic (exact) mass is 419 g/mol. The minimum absolute atomic E-state index is 0.202. The number of hydrogen-bond donors (Lipinski definition) is 1. The predicted octanol–water partition coefficient (Wildman–Crippen LogP) is 4.69. The number of benzene rings is 2. The molecule has 0 saturated carbocycles. The zero-order valence-electron chi connectivity index (χ0n) is 15.4. The highest BCUT2D eigenvalue weighted by Gasteiger charge is 2.54. The van der Waals surface area contributed by atoms with Gasteiger partial charge < -0.3 is 14.8 Å². The number of rotatable bonds is 5. The van der Waals surface area contributed by atoms with Crippen LogP contribution in [0.5, 0.6) is 0 Å². The third kappa shape index (κ3) is 3.48. The van der Waals surface area contributed by atoms with Crippen molar-refractivity contribution in [1.82, 2.24) is 0 Å². The van der Waals surface area contributed by atoms with Gasteiger partial charge in [-0.05, 0) is 24.6 Å². The summed E-state index contributed by atoms with van der Waals surface area (Å²) < 4.78 is 10.1. The summed E-state index contributed by atoms with van der Waals surface area (Å²) in [4.78, 5) is 25.0. The van der Waals surface area contributed by atoms with Crippen LogP contribution in [0.4, 0.5) is 5.69 Å². The van der Waals surface area contributed by atoms with Crippen LogP contribution in [0, 0.1) is 0 Å². The summed E-state index contributed by atoms with van der Waals surface area (Å²) in [5.74, 6) is -1.64. The summed E-state index contributed by atoms with van der Waals surface area (Å²) in [6.07, 6.45) is 2.89. The Kier molecular flexibility index (Phi) is 5.96. The van der Waals surface area contributed by atoms with E-state index in [1.54, 1.807) is 25.1 Å². The lowest BCUT2D eigenvalue weighted by Gasteiger charge is -2.33. The number of fused-ring (bicyclic) bond motifs is 1. The maximum atomic E-state index is 13.2. The summed E-state index contributed by atoms with van der Waals surface area (Å²) in [5.41, 5.74) is 0.631. The van der Waals surface area contributed by atoms with Gasteiger partial charge in [0.1, 0.15) is 0 Å². The molecule has 2 atom stereocenters. The van der Waals surface area contributed by atoms with Gasteiger partial charge in [0, 0.05) is 33.3 Å². The van der Waals surface area contributed by atoms with Crippen molar-refractivity contribution >= 4 is 40.8 Å². The SMILES string of the molecule is CCOC(=O)C1(c2ccccc2)Nc2cc(Cl)cc(Cl)c2C1/C=C\C(=O)OC. The van der Waals surface area contributed by atoms with Crippen molar-refractivity contribution in [3.05, 3.63) is 75.8 Å². The number of ether oxygens (including phenoxy) is 2. The van der Waals surface area contributed by atoms with E-state index in [4.69, 9.17) is 32.7 Å². The molecule has 2 unspecified atom stereocenters. The van der Waals surface area contributed by atoms with Gasteiger partial charge in [0.05, 0.1) is 13.7 Å². The van der Waals surface area contributed by atoms with Crippen LogP contribution in [0.2, 0.25) is 10.0 Å². The molecule has 0 saturated heterocycles. The molecule has 2 aromatic rings. The van der Waals surface area contributed by atoms with Crippen molar-refractivity contribution in [2.24, 2.45) is 0 Å². The second kappa shape index (κ2) is 8.25. The average molecular weight is 420 g/mol. The molecule has 0 bridgehead atoms. The molecule has 1 aliphatic heterocycles. The minimum Gasteiger partial charge on any atom is -0.466 e. The number of hydrogen-bond acceptors (Lipinski definition) is 5. The number of carbonyl (C=O) groups is 2. The molecule has 7 heteroatoms. The molecule has 28 heavy (non-hydrogen) atoms. The van der Waals surface area contributed by atoms with E-state index in [9.17, 15) is 9.59 Å². The lowest BCUT2D eigenvalue weighted by atomic mass is 9.77. The van der Waals surface area contributed by atoms with Crippen molar-refractivity contribution in [1.29, 1.82) is 0 Å². The van der Waals surface area contributed by atoms with E-state index in [0.717, 1.165) is 0 Å². The molecule has 0 aliphatic carbocycles. The zero-order valence-corrected chi connectivity index (χ0v) is 16.9. The van der Waals surface area contributed by atoms with Gasteiger partial charge >= 0.3 is 11.9 Å². The Balaban J connectivity index is 2.27. The topological polar surface area (TPSA) is 64.6 Å². The Morgan fingerprint density at radius 3 is 2.57 bits per heavy atom. The Labute approximate surface area is 173 Å². The van der Waals surface area contributed by atoms with Gasteiger partial charge in [0.15, 0.2) is 5.54 Å². The van der Waals surface area contributed by atoms with Gasteiger partial charge in [0.2, 0.25) is 0 Å². The summed E-state index contributed by atoms with van der Waals surface area (Å²) in [7, 11) is 1.29. The second-order valence-electron chi connectivity index (χ2n) is 6.23. The molecule has 1 N–H and O–H groups in total. The molecule has 2 aromatic carbocycles. The van der Waals surface area contributed by atoms with Gasteiger partial charge in [-0.3, -0.25) is 0 Å².